The van der Waals surface area contributed by atoms with Gasteiger partial charge in [0.25, 0.3) is 0 Å². The van der Waals surface area contributed by atoms with E-state index in [9.17, 15) is 4.79 Å². The lowest BCUT2D eigenvalue weighted by atomic mass is 10.1. The van der Waals surface area contributed by atoms with Crippen LogP contribution in [0.4, 0.5) is 5.69 Å². The fourth-order valence-corrected chi connectivity index (χ4v) is 2.75. The molecule has 0 fully saturated rings. The molecule has 4 aromatic rings. The summed E-state index contributed by atoms with van der Waals surface area (Å²) in [7, 11) is 0. The van der Waals surface area contributed by atoms with E-state index in [1.54, 1.807) is 0 Å². The number of hydrogen-bond donors (Lipinski definition) is 2. The number of aromatic nitrogens is 2. The molecule has 0 aliphatic rings. The van der Waals surface area contributed by atoms with E-state index in [1.807, 2.05) is 36.4 Å². The maximum Gasteiger partial charge on any atom is 0.221 e. The number of carbonyl (C=O) groups is 1. The van der Waals surface area contributed by atoms with Crippen LogP contribution in [0.25, 0.3) is 33.2 Å². The van der Waals surface area contributed by atoms with E-state index in [-0.39, 0.29) is 5.91 Å². The number of fused-ring (bicyclic) bond motifs is 2. The summed E-state index contributed by atoms with van der Waals surface area (Å²) in [5.74, 6) is 0.748. The number of hydrogen-bond acceptors (Lipinski definition) is 2. The highest BCUT2D eigenvalue weighted by Gasteiger charge is 2.07. The summed E-state index contributed by atoms with van der Waals surface area (Å²) in [4.78, 5) is 19.1. The first kappa shape index (κ1) is 13.5. The Morgan fingerprint density at radius 1 is 1.00 bits per heavy atom. The van der Waals surface area contributed by atoms with Gasteiger partial charge in [-0.15, -0.1) is 0 Å². The van der Waals surface area contributed by atoms with Crippen LogP contribution >= 0.6 is 0 Å². The number of imidazole rings is 1. The molecule has 4 heteroatoms. The molecule has 2 N–H and O–H groups in total. The molecule has 0 bridgehead atoms. The molecule has 112 valence electrons. The Balaban J connectivity index is 1.76. The smallest absolute Gasteiger partial charge is 0.221 e. The third-order valence-electron chi connectivity index (χ3n) is 3.83. The number of rotatable bonds is 2. The van der Waals surface area contributed by atoms with Crippen molar-refractivity contribution in [2.75, 3.05) is 5.32 Å². The van der Waals surface area contributed by atoms with Gasteiger partial charge in [0.05, 0.1) is 11.0 Å². The van der Waals surface area contributed by atoms with Crippen molar-refractivity contribution >= 4 is 33.4 Å². The number of benzene rings is 3. The monoisotopic (exact) mass is 301 g/mol. The minimum Gasteiger partial charge on any atom is -0.338 e. The molecule has 0 unspecified atom stereocenters. The zero-order valence-corrected chi connectivity index (χ0v) is 12.6. The van der Waals surface area contributed by atoms with E-state index in [0.717, 1.165) is 28.1 Å². The minimum absolute atomic E-state index is 0.0758. The number of nitrogens with zero attached hydrogens (tertiary/aromatic N) is 1. The van der Waals surface area contributed by atoms with Crippen LogP contribution in [-0.4, -0.2) is 15.9 Å². The Labute approximate surface area is 133 Å². The summed E-state index contributed by atoms with van der Waals surface area (Å²) < 4.78 is 0. The molecule has 0 saturated heterocycles. The molecule has 0 aliphatic carbocycles. The topological polar surface area (TPSA) is 57.8 Å². The molecule has 3 aromatic carbocycles. The van der Waals surface area contributed by atoms with E-state index in [4.69, 9.17) is 0 Å². The van der Waals surface area contributed by atoms with Gasteiger partial charge in [0.15, 0.2) is 0 Å². The number of aromatic amines is 1. The highest BCUT2D eigenvalue weighted by atomic mass is 16.1. The lowest BCUT2D eigenvalue weighted by Crippen LogP contribution is -2.05. The third-order valence-corrected chi connectivity index (χ3v) is 3.83. The predicted octanol–water partition coefficient (Wildman–Crippen LogP) is 4.34. The largest absolute Gasteiger partial charge is 0.338 e. The maximum atomic E-state index is 11.1. The van der Waals surface area contributed by atoms with E-state index in [0.29, 0.717) is 0 Å². The van der Waals surface area contributed by atoms with Crippen molar-refractivity contribution in [3.8, 4) is 11.4 Å². The SMILES string of the molecule is CC(=O)Nc1ccc(-c2nc3cc4ccccc4cc3[nH]2)cc1. The molecule has 0 aliphatic heterocycles. The van der Waals surface area contributed by atoms with Gasteiger partial charge in [-0.3, -0.25) is 4.79 Å². The quantitative estimate of drug-likeness (QED) is 0.578. The summed E-state index contributed by atoms with van der Waals surface area (Å²) in [6, 6.07) is 20.1. The van der Waals surface area contributed by atoms with Crippen molar-refractivity contribution in [1.29, 1.82) is 0 Å². The summed E-state index contributed by atoms with van der Waals surface area (Å²) in [5, 5.41) is 5.13. The van der Waals surface area contributed by atoms with E-state index in [2.05, 4.69) is 39.6 Å². The standard InChI is InChI=1S/C19H15N3O/c1-12(23)20-16-8-6-13(7-9-16)19-21-17-10-14-4-2-3-5-15(14)11-18(17)22-19/h2-11H,1H3,(H,20,23)(H,21,22). The number of H-pyrrole nitrogens is 1. The Hall–Kier alpha value is -3.14. The molecule has 0 radical (unpaired) electrons. The highest BCUT2D eigenvalue weighted by molar-refractivity contribution is 5.96. The van der Waals surface area contributed by atoms with Gasteiger partial charge in [0, 0.05) is 18.2 Å². The maximum absolute atomic E-state index is 11.1. The molecule has 4 rings (SSSR count). The van der Waals surface area contributed by atoms with Crippen molar-refractivity contribution in [2.24, 2.45) is 0 Å². The van der Waals surface area contributed by atoms with Crippen LogP contribution in [0.15, 0.2) is 60.7 Å². The first-order chi connectivity index (χ1) is 11.2. The molecular formula is C19H15N3O. The van der Waals surface area contributed by atoms with Gasteiger partial charge in [-0.05, 0) is 47.2 Å². The molecule has 0 atom stereocenters. The average Bonchev–Trinajstić information content (AvgIpc) is 2.95. The van der Waals surface area contributed by atoms with Crippen LogP contribution in [0.3, 0.4) is 0 Å². The second-order valence-electron chi connectivity index (χ2n) is 5.56. The number of amides is 1. The fraction of sp³-hybridized carbons (Fsp3) is 0.0526. The van der Waals surface area contributed by atoms with E-state index < -0.39 is 0 Å². The predicted molar refractivity (Wildman–Crippen MR) is 93.3 cm³/mol. The second-order valence-corrected chi connectivity index (χ2v) is 5.56. The zero-order chi connectivity index (χ0) is 15.8. The van der Waals surface area contributed by atoms with Crippen LogP contribution < -0.4 is 5.32 Å². The van der Waals surface area contributed by atoms with Crippen molar-refractivity contribution in [3.63, 3.8) is 0 Å². The van der Waals surface area contributed by atoms with Crippen LogP contribution in [0.2, 0.25) is 0 Å². The van der Waals surface area contributed by atoms with Crippen LogP contribution in [-0.2, 0) is 4.79 Å². The second kappa shape index (κ2) is 5.25. The number of anilines is 1. The first-order valence-electron chi connectivity index (χ1n) is 7.45. The van der Waals surface area contributed by atoms with Crippen molar-refractivity contribution in [2.45, 2.75) is 6.92 Å². The van der Waals surface area contributed by atoms with Crippen LogP contribution in [0, 0.1) is 0 Å². The Morgan fingerprint density at radius 3 is 2.39 bits per heavy atom. The number of carbonyl (C=O) groups excluding carboxylic acids is 1. The molecule has 23 heavy (non-hydrogen) atoms. The normalized spacial score (nSPS) is 11.0. The minimum atomic E-state index is -0.0758. The third kappa shape index (κ3) is 2.55. The van der Waals surface area contributed by atoms with Crippen molar-refractivity contribution in [3.05, 3.63) is 60.7 Å². The Kier molecular flexibility index (Phi) is 3.08. The molecule has 0 saturated carbocycles. The van der Waals surface area contributed by atoms with Crippen LogP contribution in [0.5, 0.6) is 0 Å². The zero-order valence-electron chi connectivity index (χ0n) is 12.6. The lowest BCUT2D eigenvalue weighted by molar-refractivity contribution is -0.114. The molecule has 0 spiro atoms. The average molecular weight is 301 g/mol. The van der Waals surface area contributed by atoms with Gasteiger partial charge < -0.3 is 10.3 Å². The van der Waals surface area contributed by atoms with Gasteiger partial charge in [0.1, 0.15) is 5.82 Å². The van der Waals surface area contributed by atoms with Gasteiger partial charge in [0.2, 0.25) is 5.91 Å². The fourth-order valence-electron chi connectivity index (χ4n) is 2.75. The summed E-state index contributed by atoms with van der Waals surface area (Å²) in [5.41, 5.74) is 3.73. The lowest BCUT2D eigenvalue weighted by Gasteiger charge is -2.02. The van der Waals surface area contributed by atoms with Gasteiger partial charge in [-0.25, -0.2) is 4.98 Å². The number of nitrogens with one attached hydrogen (secondary N) is 2. The Bertz CT molecular complexity index is 963. The molecule has 4 nitrogen and oxygen atoms in total. The van der Waals surface area contributed by atoms with Gasteiger partial charge in [-0.2, -0.15) is 0 Å². The van der Waals surface area contributed by atoms with Gasteiger partial charge in [-0.1, -0.05) is 24.3 Å². The Morgan fingerprint density at radius 2 is 1.70 bits per heavy atom. The molecule has 1 heterocycles. The van der Waals surface area contributed by atoms with E-state index >= 15 is 0 Å². The first-order valence-corrected chi connectivity index (χ1v) is 7.45. The summed E-state index contributed by atoms with van der Waals surface area (Å²) in [6.45, 7) is 1.50. The van der Waals surface area contributed by atoms with Crippen molar-refractivity contribution < 1.29 is 4.79 Å². The van der Waals surface area contributed by atoms with E-state index in [1.165, 1.54) is 17.7 Å². The molecular weight excluding hydrogens is 286 g/mol. The van der Waals surface area contributed by atoms with Crippen LogP contribution in [0.1, 0.15) is 6.92 Å². The van der Waals surface area contributed by atoms with Gasteiger partial charge >= 0.3 is 0 Å². The van der Waals surface area contributed by atoms with Crippen molar-refractivity contribution in [1.82, 2.24) is 9.97 Å². The molecule has 1 aromatic heterocycles. The molecule has 1 amide bonds. The highest BCUT2D eigenvalue weighted by Crippen LogP contribution is 2.25. The summed E-state index contributed by atoms with van der Waals surface area (Å²) >= 11 is 0. The summed E-state index contributed by atoms with van der Waals surface area (Å²) in [6.07, 6.45) is 0.